The Morgan fingerprint density at radius 1 is 1.12 bits per heavy atom. The third kappa shape index (κ3) is 5.26. The molecule has 4 rings (SSSR count). The minimum Gasteiger partial charge on any atom is -0.395 e. The van der Waals surface area contributed by atoms with Crippen LogP contribution in [0.1, 0.15) is 41.3 Å². The first-order chi connectivity index (χ1) is 15.6. The van der Waals surface area contributed by atoms with Crippen LogP contribution in [0.3, 0.4) is 0 Å². The molecule has 8 nitrogen and oxygen atoms in total. The SMILES string of the molecule is Cc1nc(Nc2cc(C3CCOCC3)c(C)cc2C=N)cc(N2CCN(CCO)CC2)n1. The molecule has 0 saturated carbocycles. The average Bonchev–Trinajstić information content (AvgIpc) is 2.81. The van der Waals surface area contributed by atoms with E-state index in [1.165, 1.54) is 17.3 Å². The molecule has 8 heteroatoms. The first-order valence-electron chi connectivity index (χ1n) is 11.5. The van der Waals surface area contributed by atoms with E-state index in [-0.39, 0.29) is 6.61 Å². The number of rotatable bonds is 7. The molecule has 3 heterocycles. The van der Waals surface area contributed by atoms with Gasteiger partial charge in [-0.1, -0.05) is 0 Å². The fourth-order valence-electron chi connectivity index (χ4n) is 4.68. The molecule has 2 aliphatic heterocycles. The predicted molar refractivity (Wildman–Crippen MR) is 128 cm³/mol. The van der Waals surface area contributed by atoms with Crippen LogP contribution in [-0.2, 0) is 4.74 Å². The van der Waals surface area contributed by atoms with Gasteiger partial charge < -0.3 is 25.5 Å². The van der Waals surface area contributed by atoms with Gasteiger partial charge in [-0.25, -0.2) is 9.97 Å². The number of nitrogens with zero attached hydrogens (tertiary/aromatic N) is 4. The summed E-state index contributed by atoms with van der Waals surface area (Å²) < 4.78 is 5.55. The standard InChI is InChI=1S/C24H34N6O2/c1-17-13-20(16-25)22(14-21(17)19-3-11-32-12-4-19)28-23-15-24(27-18(2)26-23)30-7-5-29(6-8-30)9-10-31/h13-16,19,25,31H,3-12H2,1-2H3,(H,26,27,28). The lowest BCUT2D eigenvalue weighted by atomic mass is 9.87. The molecule has 2 aromatic rings. The van der Waals surface area contributed by atoms with Gasteiger partial charge in [-0.3, -0.25) is 4.90 Å². The van der Waals surface area contributed by atoms with Gasteiger partial charge in [0.2, 0.25) is 0 Å². The summed E-state index contributed by atoms with van der Waals surface area (Å²) >= 11 is 0. The topological polar surface area (TPSA) is 97.6 Å². The molecule has 0 aliphatic carbocycles. The highest BCUT2D eigenvalue weighted by atomic mass is 16.5. The average molecular weight is 439 g/mol. The van der Waals surface area contributed by atoms with Crippen LogP contribution in [-0.4, -0.2) is 78.7 Å². The molecular weight excluding hydrogens is 404 g/mol. The molecule has 1 aromatic carbocycles. The van der Waals surface area contributed by atoms with Crippen molar-refractivity contribution in [1.29, 1.82) is 5.41 Å². The Labute approximate surface area is 190 Å². The number of anilines is 3. The van der Waals surface area contributed by atoms with Gasteiger partial charge in [0.15, 0.2) is 0 Å². The fourth-order valence-corrected chi connectivity index (χ4v) is 4.68. The maximum Gasteiger partial charge on any atom is 0.136 e. The Kier molecular flexibility index (Phi) is 7.34. The van der Waals surface area contributed by atoms with Crippen molar-refractivity contribution in [2.75, 3.05) is 62.8 Å². The van der Waals surface area contributed by atoms with Crippen molar-refractivity contribution >= 4 is 23.5 Å². The summed E-state index contributed by atoms with van der Waals surface area (Å²) in [7, 11) is 0. The lowest BCUT2D eigenvalue weighted by Gasteiger charge is -2.35. The van der Waals surface area contributed by atoms with Crippen LogP contribution in [0.2, 0.25) is 0 Å². The molecule has 2 aliphatic rings. The van der Waals surface area contributed by atoms with E-state index in [1.807, 2.05) is 13.0 Å². The monoisotopic (exact) mass is 438 g/mol. The molecule has 0 spiro atoms. The van der Waals surface area contributed by atoms with Crippen LogP contribution in [0.15, 0.2) is 18.2 Å². The summed E-state index contributed by atoms with van der Waals surface area (Å²) in [6.07, 6.45) is 3.46. The molecule has 32 heavy (non-hydrogen) atoms. The zero-order valence-electron chi connectivity index (χ0n) is 19.1. The molecule has 172 valence electrons. The second-order valence-electron chi connectivity index (χ2n) is 8.66. The van der Waals surface area contributed by atoms with E-state index in [0.29, 0.717) is 5.92 Å². The molecule has 0 amide bonds. The van der Waals surface area contributed by atoms with Crippen LogP contribution in [0.25, 0.3) is 0 Å². The third-order valence-corrected chi connectivity index (χ3v) is 6.45. The summed E-state index contributed by atoms with van der Waals surface area (Å²) in [5.41, 5.74) is 4.31. The van der Waals surface area contributed by atoms with Crippen LogP contribution in [0.4, 0.5) is 17.3 Å². The van der Waals surface area contributed by atoms with Crippen molar-refractivity contribution < 1.29 is 9.84 Å². The predicted octanol–water partition coefficient (Wildman–Crippen LogP) is 2.84. The van der Waals surface area contributed by atoms with Crippen LogP contribution < -0.4 is 10.2 Å². The van der Waals surface area contributed by atoms with Crippen molar-refractivity contribution in [3.8, 4) is 0 Å². The van der Waals surface area contributed by atoms with Gasteiger partial charge in [-0.05, 0) is 55.9 Å². The first-order valence-corrected chi connectivity index (χ1v) is 11.5. The number of hydrogen-bond donors (Lipinski definition) is 3. The van der Waals surface area contributed by atoms with Crippen molar-refractivity contribution in [2.45, 2.75) is 32.6 Å². The van der Waals surface area contributed by atoms with E-state index in [0.717, 1.165) is 87.5 Å². The van der Waals surface area contributed by atoms with Crippen molar-refractivity contribution in [1.82, 2.24) is 14.9 Å². The fraction of sp³-hybridized carbons (Fsp3) is 0.542. The smallest absolute Gasteiger partial charge is 0.136 e. The van der Waals surface area contributed by atoms with Gasteiger partial charge >= 0.3 is 0 Å². The van der Waals surface area contributed by atoms with Crippen molar-refractivity contribution in [2.24, 2.45) is 0 Å². The molecule has 0 unspecified atom stereocenters. The Hall–Kier alpha value is -2.55. The highest BCUT2D eigenvalue weighted by molar-refractivity contribution is 5.88. The second-order valence-corrected chi connectivity index (χ2v) is 8.66. The number of ether oxygens (including phenoxy) is 1. The highest BCUT2D eigenvalue weighted by Crippen LogP contribution is 2.33. The number of hydrogen-bond acceptors (Lipinski definition) is 8. The molecule has 0 atom stereocenters. The lowest BCUT2D eigenvalue weighted by Crippen LogP contribution is -2.47. The van der Waals surface area contributed by atoms with Gasteiger partial charge in [-0.2, -0.15) is 0 Å². The van der Waals surface area contributed by atoms with Gasteiger partial charge in [0.1, 0.15) is 17.5 Å². The van der Waals surface area contributed by atoms with Crippen LogP contribution in [0.5, 0.6) is 0 Å². The van der Waals surface area contributed by atoms with E-state index in [1.54, 1.807) is 0 Å². The number of benzene rings is 1. The van der Waals surface area contributed by atoms with Gasteiger partial charge in [0.25, 0.3) is 0 Å². The highest BCUT2D eigenvalue weighted by Gasteiger charge is 2.21. The normalized spacial score (nSPS) is 18.0. The van der Waals surface area contributed by atoms with Gasteiger partial charge in [0, 0.05) is 69.5 Å². The van der Waals surface area contributed by atoms with Crippen molar-refractivity contribution in [3.05, 3.63) is 40.7 Å². The minimum absolute atomic E-state index is 0.197. The van der Waals surface area contributed by atoms with E-state index < -0.39 is 0 Å². The van der Waals surface area contributed by atoms with E-state index >= 15 is 0 Å². The maximum absolute atomic E-state index is 9.17. The number of nitrogens with one attached hydrogen (secondary N) is 2. The molecule has 0 radical (unpaired) electrons. The summed E-state index contributed by atoms with van der Waals surface area (Å²) in [6, 6.07) is 6.28. The number of aliphatic hydroxyl groups excluding tert-OH is 1. The van der Waals surface area contributed by atoms with Crippen LogP contribution in [0, 0.1) is 19.3 Å². The number of aromatic nitrogens is 2. The Morgan fingerprint density at radius 2 is 1.88 bits per heavy atom. The Bertz CT molecular complexity index is 936. The van der Waals surface area contributed by atoms with Crippen LogP contribution >= 0.6 is 0 Å². The third-order valence-electron chi connectivity index (χ3n) is 6.45. The molecule has 3 N–H and O–H groups in total. The van der Waals surface area contributed by atoms with E-state index in [2.05, 4.69) is 44.1 Å². The maximum atomic E-state index is 9.17. The summed E-state index contributed by atoms with van der Waals surface area (Å²) in [4.78, 5) is 13.8. The number of aliphatic hydroxyl groups is 1. The number of β-amino-alcohol motifs (C(OH)–C–C–N with tert-alkyl or cyclic N) is 1. The zero-order chi connectivity index (χ0) is 22.5. The molecule has 2 saturated heterocycles. The van der Waals surface area contributed by atoms with E-state index in [9.17, 15) is 5.11 Å². The largest absolute Gasteiger partial charge is 0.395 e. The quantitative estimate of drug-likeness (QED) is 0.572. The zero-order valence-corrected chi connectivity index (χ0v) is 19.1. The Balaban J connectivity index is 1.56. The number of piperazine rings is 1. The van der Waals surface area contributed by atoms with Gasteiger partial charge in [0.05, 0.1) is 6.61 Å². The molecule has 2 fully saturated rings. The minimum atomic E-state index is 0.197. The number of aryl methyl sites for hydroxylation is 2. The molecular formula is C24H34N6O2. The molecule has 0 bridgehead atoms. The van der Waals surface area contributed by atoms with Crippen molar-refractivity contribution in [3.63, 3.8) is 0 Å². The van der Waals surface area contributed by atoms with Gasteiger partial charge in [-0.15, -0.1) is 0 Å². The molecule has 1 aromatic heterocycles. The summed E-state index contributed by atoms with van der Waals surface area (Å²) in [6.45, 7) is 10.1. The summed E-state index contributed by atoms with van der Waals surface area (Å²) in [5, 5.41) is 20.6. The lowest BCUT2D eigenvalue weighted by molar-refractivity contribution is 0.0852. The first kappa shape index (κ1) is 22.6. The Morgan fingerprint density at radius 3 is 2.56 bits per heavy atom. The van der Waals surface area contributed by atoms with E-state index in [4.69, 9.17) is 10.1 Å². The summed E-state index contributed by atoms with van der Waals surface area (Å²) in [5.74, 6) is 2.87. The second kappa shape index (κ2) is 10.4.